The summed E-state index contributed by atoms with van der Waals surface area (Å²) in [6.07, 6.45) is -1.59. The van der Waals surface area contributed by atoms with E-state index in [-0.39, 0.29) is 23.4 Å². The molecule has 2 aromatic carbocycles. The van der Waals surface area contributed by atoms with Crippen LogP contribution in [0.4, 0.5) is 13.2 Å². The number of carbonyl (C=O) groups is 1. The van der Waals surface area contributed by atoms with Gasteiger partial charge in [0.15, 0.2) is 5.82 Å². The van der Waals surface area contributed by atoms with Crippen molar-refractivity contribution >= 4 is 16.9 Å². The number of likely N-dealkylation sites (tertiary alicyclic amines) is 1. The number of halogens is 3. The van der Waals surface area contributed by atoms with Gasteiger partial charge in [-0.05, 0) is 49.2 Å². The number of rotatable bonds is 4. The van der Waals surface area contributed by atoms with Crippen molar-refractivity contribution in [2.75, 3.05) is 6.54 Å². The highest BCUT2D eigenvalue weighted by molar-refractivity contribution is 5.82. The van der Waals surface area contributed by atoms with Crippen LogP contribution in [0.5, 0.6) is 11.5 Å². The largest absolute Gasteiger partial charge is 0.457 e. The fraction of sp³-hybridized carbons (Fsp3) is 0.231. The molecule has 5 rings (SSSR count). The van der Waals surface area contributed by atoms with Gasteiger partial charge in [-0.15, -0.1) is 0 Å². The SMILES string of the molecule is CC(=O)N1CCCC1c1cc2[nH]c(-c3ccccn3)nc2cc1Oc1ccc(C#N)c(C(F)(F)F)c1. The quantitative estimate of drug-likeness (QED) is 0.378. The van der Waals surface area contributed by atoms with Crippen molar-refractivity contribution < 1.29 is 22.7 Å². The Hall–Kier alpha value is -4.39. The predicted octanol–water partition coefficient (Wildman–Crippen LogP) is 5.99. The average molecular weight is 491 g/mol. The molecule has 1 unspecified atom stereocenters. The van der Waals surface area contributed by atoms with Gasteiger partial charge in [0.25, 0.3) is 0 Å². The van der Waals surface area contributed by atoms with Crippen molar-refractivity contribution in [2.24, 2.45) is 0 Å². The number of carbonyl (C=O) groups excluding carboxylic acids is 1. The molecular weight excluding hydrogens is 471 g/mol. The predicted molar refractivity (Wildman–Crippen MR) is 125 cm³/mol. The lowest BCUT2D eigenvalue weighted by Crippen LogP contribution is -2.28. The van der Waals surface area contributed by atoms with Gasteiger partial charge in [0, 0.05) is 31.3 Å². The van der Waals surface area contributed by atoms with Crippen LogP contribution >= 0.6 is 0 Å². The number of nitrogens with one attached hydrogen (secondary N) is 1. The average Bonchev–Trinajstić information content (AvgIpc) is 3.51. The summed E-state index contributed by atoms with van der Waals surface area (Å²) >= 11 is 0. The van der Waals surface area contributed by atoms with Gasteiger partial charge in [0.1, 0.15) is 17.2 Å². The van der Waals surface area contributed by atoms with Gasteiger partial charge in [-0.25, -0.2) is 4.98 Å². The molecule has 7 nitrogen and oxygen atoms in total. The maximum atomic E-state index is 13.5. The molecule has 4 aromatic rings. The molecule has 2 aromatic heterocycles. The summed E-state index contributed by atoms with van der Waals surface area (Å²) in [5.74, 6) is 0.647. The van der Waals surface area contributed by atoms with Gasteiger partial charge < -0.3 is 14.6 Å². The molecule has 1 N–H and O–H groups in total. The number of aromatic amines is 1. The Bertz CT molecular complexity index is 1490. The third-order valence-corrected chi connectivity index (χ3v) is 6.18. The third-order valence-electron chi connectivity index (χ3n) is 6.18. The van der Waals surface area contributed by atoms with Crippen LogP contribution < -0.4 is 4.74 Å². The summed E-state index contributed by atoms with van der Waals surface area (Å²) in [7, 11) is 0. The van der Waals surface area contributed by atoms with Gasteiger partial charge in [-0.3, -0.25) is 9.78 Å². The summed E-state index contributed by atoms with van der Waals surface area (Å²) in [5.41, 5.74) is 0.941. The molecule has 0 radical (unpaired) electrons. The van der Waals surface area contributed by atoms with Crippen molar-refractivity contribution in [3.05, 3.63) is 71.4 Å². The zero-order valence-corrected chi connectivity index (χ0v) is 19.1. The second-order valence-electron chi connectivity index (χ2n) is 8.50. The fourth-order valence-corrected chi connectivity index (χ4v) is 4.54. The monoisotopic (exact) mass is 491 g/mol. The molecule has 182 valence electrons. The number of nitrogens with zero attached hydrogens (tertiary/aromatic N) is 4. The van der Waals surface area contributed by atoms with E-state index in [1.165, 1.54) is 13.0 Å². The van der Waals surface area contributed by atoms with Gasteiger partial charge in [-0.1, -0.05) is 6.07 Å². The summed E-state index contributed by atoms with van der Waals surface area (Å²) < 4.78 is 46.6. The van der Waals surface area contributed by atoms with E-state index in [4.69, 9.17) is 10.00 Å². The molecule has 0 saturated carbocycles. The maximum absolute atomic E-state index is 13.5. The molecule has 1 amide bonds. The molecular formula is C26H20F3N5O2. The maximum Gasteiger partial charge on any atom is 0.417 e. The van der Waals surface area contributed by atoms with Crippen LogP contribution in [0.1, 0.15) is 42.5 Å². The van der Waals surface area contributed by atoms with E-state index in [9.17, 15) is 18.0 Å². The molecule has 1 aliphatic rings. The van der Waals surface area contributed by atoms with E-state index < -0.39 is 17.3 Å². The Kier molecular flexibility index (Phi) is 5.84. The normalized spacial score (nSPS) is 15.8. The van der Waals surface area contributed by atoms with Gasteiger partial charge >= 0.3 is 6.18 Å². The van der Waals surface area contributed by atoms with Crippen LogP contribution in [-0.4, -0.2) is 32.3 Å². The van der Waals surface area contributed by atoms with E-state index in [0.717, 1.165) is 18.6 Å². The first-order valence-electron chi connectivity index (χ1n) is 11.3. The molecule has 0 aliphatic carbocycles. The number of ether oxygens (including phenoxy) is 1. The van der Waals surface area contributed by atoms with Crippen LogP contribution in [-0.2, 0) is 11.0 Å². The standard InChI is InChI=1S/C26H20F3N5O2/c1-15(35)34-10-4-6-23(34)18-12-21-22(33-25(32-21)20-5-2-3-9-31-20)13-24(18)36-17-8-7-16(14-30)19(11-17)26(27,28)29/h2-3,5,7-9,11-13,23H,4,6,10H2,1H3,(H,32,33). The molecule has 10 heteroatoms. The number of alkyl halides is 3. The Morgan fingerprint density at radius 2 is 2.06 bits per heavy atom. The zero-order valence-electron chi connectivity index (χ0n) is 19.1. The molecule has 1 aliphatic heterocycles. The zero-order chi connectivity index (χ0) is 25.4. The number of H-pyrrole nitrogens is 1. The molecule has 1 fully saturated rings. The second kappa shape index (κ2) is 9.00. The molecule has 36 heavy (non-hydrogen) atoms. The minimum atomic E-state index is -4.71. The Morgan fingerprint density at radius 1 is 1.22 bits per heavy atom. The van der Waals surface area contributed by atoms with Crippen LogP contribution in [0.15, 0.2) is 54.7 Å². The number of benzene rings is 2. The lowest BCUT2D eigenvalue weighted by Gasteiger charge is -2.25. The smallest absolute Gasteiger partial charge is 0.417 e. The van der Waals surface area contributed by atoms with Crippen molar-refractivity contribution in [3.8, 4) is 29.1 Å². The molecule has 0 spiro atoms. The topological polar surface area (TPSA) is 94.9 Å². The fourth-order valence-electron chi connectivity index (χ4n) is 4.54. The van der Waals surface area contributed by atoms with Crippen molar-refractivity contribution in [2.45, 2.75) is 32.0 Å². The number of amides is 1. The Morgan fingerprint density at radius 3 is 2.75 bits per heavy atom. The summed E-state index contributed by atoms with van der Waals surface area (Å²) in [4.78, 5) is 26.1. The van der Waals surface area contributed by atoms with Crippen molar-refractivity contribution in [3.63, 3.8) is 0 Å². The Labute approximate surface area is 204 Å². The summed E-state index contributed by atoms with van der Waals surface area (Å²) in [6, 6.07) is 13.4. The van der Waals surface area contributed by atoms with E-state index in [2.05, 4.69) is 15.0 Å². The highest BCUT2D eigenvalue weighted by Crippen LogP contribution is 2.42. The first-order valence-corrected chi connectivity index (χ1v) is 11.3. The third kappa shape index (κ3) is 4.35. The van der Waals surface area contributed by atoms with Crippen LogP contribution in [0.3, 0.4) is 0 Å². The minimum absolute atomic E-state index is 0.0743. The van der Waals surface area contributed by atoms with E-state index in [1.54, 1.807) is 35.4 Å². The molecule has 3 heterocycles. The molecule has 1 atom stereocenters. The lowest BCUT2D eigenvalue weighted by molar-refractivity contribution is -0.138. The second-order valence-corrected chi connectivity index (χ2v) is 8.50. The molecule has 0 bridgehead atoms. The van der Waals surface area contributed by atoms with E-state index >= 15 is 0 Å². The number of aromatic nitrogens is 3. The van der Waals surface area contributed by atoms with Crippen LogP contribution in [0.25, 0.3) is 22.6 Å². The highest BCUT2D eigenvalue weighted by Gasteiger charge is 2.35. The number of fused-ring (bicyclic) bond motifs is 1. The Balaban J connectivity index is 1.63. The first-order chi connectivity index (χ1) is 17.2. The van der Waals surface area contributed by atoms with Gasteiger partial charge in [0.05, 0.1) is 34.3 Å². The van der Waals surface area contributed by atoms with Gasteiger partial charge in [0.2, 0.25) is 5.91 Å². The molecule has 1 saturated heterocycles. The summed E-state index contributed by atoms with van der Waals surface area (Å²) in [5, 5.41) is 9.10. The highest BCUT2D eigenvalue weighted by atomic mass is 19.4. The first kappa shape index (κ1) is 23.4. The number of imidazole rings is 1. The van der Waals surface area contributed by atoms with E-state index in [1.807, 2.05) is 12.1 Å². The number of hydrogen-bond acceptors (Lipinski definition) is 5. The number of hydrogen-bond donors (Lipinski definition) is 1. The van der Waals surface area contributed by atoms with Crippen molar-refractivity contribution in [1.82, 2.24) is 19.9 Å². The van der Waals surface area contributed by atoms with E-state index in [0.29, 0.717) is 41.1 Å². The van der Waals surface area contributed by atoms with Gasteiger partial charge in [-0.2, -0.15) is 18.4 Å². The minimum Gasteiger partial charge on any atom is -0.457 e. The van der Waals surface area contributed by atoms with Crippen molar-refractivity contribution in [1.29, 1.82) is 5.26 Å². The lowest BCUT2D eigenvalue weighted by atomic mass is 10.0. The summed E-state index contributed by atoms with van der Waals surface area (Å²) in [6.45, 7) is 2.07. The number of pyridine rings is 1. The van der Waals surface area contributed by atoms with Crippen LogP contribution in [0, 0.1) is 11.3 Å². The van der Waals surface area contributed by atoms with Crippen LogP contribution in [0.2, 0.25) is 0 Å². The number of nitriles is 1.